The minimum atomic E-state index is -1.12. The van der Waals surface area contributed by atoms with Crippen molar-refractivity contribution in [2.45, 2.75) is 12.3 Å². The highest BCUT2D eigenvalue weighted by atomic mass is 19.1. The molecule has 1 amide bonds. The molecular weight excluding hydrogens is 256 g/mol. The topological polar surface area (TPSA) is 57.6 Å². The van der Waals surface area contributed by atoms with Gasteiger partial charge in [0.25, 0.3) is 0 Å². The van der Waals surface area contributed by atoms with Gasteiger partial charge >= 0.3 is 5.97 Å². The summed E-state index contributed by atoms with van der Waals surface area (Å²) >= 11 is 0. The summed E-state index contributed by atoms with van der Waals surface area (Å²) in [5.74, 6) is -3.87. The Balaban J connectivity index is 2.09. The fourth-order valence-electron chi connectivity index (χ4n) is 2.22. The number of carboxylic acids is 1. The lowest BCUT2D eigenvalue weighted by Crippen LogP contribution is -2.33. The molecule has 102 valence electrons. The van der Waals surface area contributed by atoms with Crippen LogP contribution in [-0.4, -0.2) is 35.5 Å². The van der Waals surface area contributed by atoms with Crippen LogP contribution in [0.1, 0.15) is 17.9 Å². The molecule has 1 saturated carbocycles. The van der Waals surface area contributed by atoms with E-state index < -0.39 is 41.9 Å². The fraction of sp³-hybridized carbons (Fsp3) is 0.385. The second-order valence-corrected chi connectivity index (χ2v) is 4.67. The second kappa shape index (κ2) is 4.95. The van der Waals surface area contributed by atoms with Crippen molar-refractivity contribution in [3.05, 3.63) is 35.4 Å². The molecule has 2 atom stereocenters. The second-order valence-electron chi connectivity index (χ2n) is 4.67. The summed E-state index contributed by atoms with van der Waals surface area (Å²) in [6, 6.07) is 3.57. The Hall–Kier alpha value is -1.98. The summed E-state index contributed by atoms with van der Waals surface area (Å²) in [6.45, 7) is -0.415. The first kappa shape index (κ1) is 13.5. The average Bonchev–Trinajstić information content (AvgIpc) is 3.07. The number of benzene rings is 1. The van der Waals surface area contributed by atoms with Crippen LogP contribution in [0.4, 0.5) is 8.78 Å². The number of carbonyl (C=O) groups is 2. The van der Waals surface area contributed by atoms with Crippen LogP contribution in [0.2, 0.25) is 0 Å². The Labute approximate surface area is 108 Å². The van der Waals surface area contributed by atoms with E-state index in [2.05, 4.69) is 0 Å². The molecule has 1 aliphatic carbocycles. The van der Waals surface area contributed by atoms with E-state index >= 15 is 0 Å². The van der Waals surface area contributed by atoms with Crippen LogP contribution in [0, 0.1) is 17.6 Å². The molecule has 0 spiro atoms. The first-order valence-corrected chi connectivity index (χ1v) is 5.82. The van der Waals surface area contributed by atoms with E-state index in [0.717, 1.165) is 17.0 Å². The maximum atomic E-state index is 13.5. The number of rotatable bonds is 4. The lowest BCUT2D eigenvalue weighted by Gasteiger charge is -2.14. The molecular formula is C13H13F2NO3. The third-order valence-electron chi connectivity index (χ3n) is 3.23. The van der Waals surface area contributed by atoms with Gasteiger partial charge in [0, 0.05) is 24.4 Å². The predicted molar refractivity (Wildman–Crippen MR) is 62.5 cm³/mol. The molecule has 0 aromatic heterocycles. The minimum absolute atomic E-state index is 0.0791. The van der Waals surface area contributed by atoms with Crippen molar-refractivity contribution >= 4 is 11.9 Å². The number of halogens is 2. The quantitative estimate of drug-likeness (QED) is 0.903. The molecule has 4 nitrogen and oxygen atoms in total. The summed E-state index contributed by atoms with van der Waals surface area (Å²) in [4.78, 5) is 23.4. The van der Waals surface area contributed by atoms with E-state index in [1.54, 1.807) is 0 Å². The van der Waals surface area contributed by atoms with Crippen LogP contribution in [-0.2, 0) is 9.59 Å². The van der Waals surface area contributed by atoms with E-state index in [1.807, 2.05) is 0 Å². The highest BCUT2D eigenvalue weighted by molar-refractivity contribution is 5.85. The van der Waals surface area contributed by atoms with Crippen LogP contribution < -0.4 is 0 Å². The fourth-order valence-corrected chi connectivity index (χ4v) is 2.22. The molecule has 0 unspecified atom stereocenters. The van der Waals surface area contributed by atoms with Gasteiger partial charge < -0.3 is 10.0 Å². The van der Waals surface area contributed by atoms with Crippen molar-refractivity contribution in [2.24, 2.45) is 5.92 Å². The number of aliphatic carboxylic acids is 1. The normalized spacial score (nSPS) is 21.0. The van der Waals surface area contributed by atoms with E-state index in [4.69, 9.17) is 5.11 Å². The van der Waals surface area contributed by atoms with Crippen LogP contribution >= 0.6 is 0 Å². The number of amides is 1. The number of nitrogens with zero attached hydrogens (tertiary/aromatic N) is 1. The molecule has 2 rings (SSSR count). The zero-order chi connectivity index (χ0) is 14.2. The SMILES string of the molecule is CN(CC(=O)O)C(=O)[C@H]1C[C@H]1c1c(F)cccc1F. The molecule has 0 saturated heterocycles. The first-order chi connectivity index (χ1) is 8.91. The van der Waals surface area contributed by atoms with Gasteiger partial charge in [-0.15, -0.1) is 0 Å². The molecule has 0 heterocycles. The highest BCUT2D eigenvalue weighted by Gasteiger charge is 2.47. The number of hydrogen-bond acceptors (Lipinski definition) is 2. The summed E-state index contributed by atoms with van der Waals surface area (Å²) in [7, 11) is 1.36. The van der Waals surface area contributed by atoms with E-state index in [0.29, 0.717) is 6.42 Å². The number of likely N-dealkylation sites (N-methyl/N-ethyl adjacent to an activating group) is 1. The maximum absolute atomic E-state index is 13.5. The van der Waals surface area contributed by atoms with Crippen LogP contribution in [0.15, 0.2) is 18.2 Å². The van der Waals surface area contributed by atoms with Gasteiger partial charge in [0.2, 0.25) is 5.91 Å². The van der Waals surface area contributed by atoms with E-state index in [9.17, 15) is 18.4 Å². The highest BCUT2D eigenvalue weighted by Crippen LogP contribution is 2.49. The molecule has 0 bridgehead atoms. The van der Waals surface area contributed by atoms with Gasteiger partial charge in [0.15, 0.2) is 0 Å². The zero-order valence-corrected chi connectivity index (χ0v) is 10.3. The Morgan fingerprint density at radius 2 is 1.95 bits per heavy atom. The van der Waals surface area contributed by atoms with Gasteiger partial charge in [-0.05, 0) is 18.6 Å². The summed E-state index contributed by atoms with van der Waals surface area (Å²) in [5.41, 5.74) is -0.0791. The van der Waals surface area contributed by atoms with Gasteiger partial charge in [-0.2, -0.15) is 0 Å². The molecule has 1 aromatic rings. The summed E-state index contributed by atoms with van der Waals surface area (Å²) in [5, 5.41) is 8.59. The van der Waals surface area contributed by atoms with Crippen LogP contribution in [0.25, 0.3) is 0 Å². The Kier molecular flexibility index (Phi) is 3.50. The zero-order valence-electron chi connectivity index (χ0n) is 10.3. The van der Waals surface area contributed by atoms with Crippen molar-refractivity contribution in [2.75, 3.05) is 13.6 Å². The molecule has 1 aromatic carbocycles. The van der Waals surface area contributed by atoms with Gasteiger partial charge in [0.05, 0.1) is 0 Å². The predicted octanol–water partition coefficient (Wildman–Crippen LogP) is 1.61. The van der Waals surface area contributed by atoms with Crippen LogP contribution in [0.3, 0.4) is 0 Å². The number of carboxylic acid groups (broad SMARTS) is 1. The van der Waals surface area contributed by atoms with Crippen molar-refractivity contribution < 1.29 is 23.5 Å². The Bertz CT molecular complexity index is 512. The monoisotopic (exact) mass is 269 g/mol. The van der Waals surface area contributed by atoms with E-state index in [-0.39, 0.29) is 5.56 Å². The first-order valence-electron chi connectivity index (χ1n) is 5.82. The average molecular weight is 269 g/mol. The van der Waals surface area contributed by atoms with Crippen molar-refractivity contribution in [3.8, 4) is 0 Å². The van der Waals surface area contributed by atoms with Gasteiger partial charge in [-0.1, -0.05) is 6.07 Å². The maximum Gasteiger partial charge on any atom is 0.323 e. The summed E-state index contributed by atoms with van der Waals surface area (Å²) in [6.07, 6.45) is 0.348. The molecule has 1 aliphatic rings. The van der Waals surface area contributed by atoms with Gasteiger partial charge in [0.1, 0.15) is 18.2 Å². The van der Waals surface area contributed by atoms with Gasteiger partial charge in [-0.25, -0.2) is 8.78 Å². The largest absolute Gasteiger partial charge is 0.480 e. The van der Waals surface area contributed by atoms with Gasteiger partial charge in [-0.3, -0.25) is 9.59 Å². The Morgan fingerprint density at radius 1 is 1.37 bits per heavy atom. The lowest BCUT2D eigenvalue weighted by atomic mass is 10.1. The van der Waals surface area contributed by atoms with Crippen molar-refractivity contribution in [1.82, 2.24) is 4.90 Å². The molecule has 19 heavy (non-hydrogen) atoms. The third kappa shape index (κ3) is 2.72. The van der Waals surface area contributed by atoms with E-state index in [1.165, 1.54) is 13.1 Å². The standard InChI is InChI=1S/C13H13F2NO3/c1-16(6-11(17)18)13(19)8-5-7(8)12-9(14)3-2-4-10(12)15/h2-4,7-8H,5-6H2,1H3,(H,17,18)/t7-,8+/m1/s1. The van der Waals surface area contributed by atoms with Crippen molar-refractivity contribution in [3.63, 3.8) is 0 Å². The van der Waals surface area contributed by atoms with Crippen molar-refractivity contribution in [1.29, 1.82) is 0 Å². The Morgan fingerprint density at radius 3 is 2.47 bits per heavy atom. The summed E-state index contributed by atoms with van der Waals surface area (Å²) < 4.78 is 27.1. The molecule has 1 fully saturated rings. The molecule has 0 radical (unpaired) electrons. The molecule has 0 aliphatic heterocycles. The smallest absolute Gasteiger partial charge is 0.323 e. The molecule has 6 heteroatoms. The number of hydrogen-bond donors (Lipinski definition) is 1. The number of carbonyl (C=O) groups excluding carboxylic acids is 1. The lowest BCUT2D eigenvalue weighted by molar-refractivity contribution is -0.144. The molecule has 1 N–H and O–H groups in total. The third-order valence-corrected chi connectivity index (χ3v) is 3.23. The van der Waals surface area contributed by atoms with Crippen LogP contribution in [0.5, 0.6) is 0 Å². The minimum Gasteiger partial charge on any atom is -0.480 e.